The van der Waals surface area contributed by atoms with Gasteiger partial charge in [-0.25, -0.2) is 0 Å². The van der Waals surface area contributed by atoms with Crippen molar-refractivity contribution in [2.75, 3.05) is 24.9 Å². The third kappa shape index (κ3) is 24.1. The summed E-state index contributed by atoms with van der Waals surface area (Å²) in [6, 6.07) is 25.2. The van der Waals surface area contributed by atoms with E-state index in [-0.39, 0.29) is 28.6 Å². The molecule has 0 spiro atoms. The minimum absolute atomic E-state index is 0. The predicted octanol–water partition coefficient (Wildman–Crippen LogP) is 3.40. The summed E-state index contributed by atoms with van der Waals surface area (Å²) in [5.41, 5.74) is 2.79. The van der Waals surface area contributed by atoms with Gasteiger partial charge in [0.15, 0.2) is 0 Å². The topological polar surface area (TPSA) is 257 Å². The van der Waals surface area contributed by atoms with Crippen LogP contribution in [0.5, 0.6) is 0 Å². The SMILES string of the molecule is CO.CO.O=C(Nc1ccncc1)c1ccccc1.O=C(Nc1ccncc1)c1ccccc1.O=[N+]([O-])[O-].O=[N+]([O-])[O-].[Co+2]. The fourth-order valence-electron chi connectivity index (χ4n) is 2.46. The molecule has 0 atom stereocenters. The van der Waals surface area contributed by atoms with Crippen molar-refractivity contribution in [3.8, 4) is 0 Å². The molecule has 0 saturated heterocycles. The molecule has 43 heavy (non-hydrogen) atoms. The molecule has 17 heteroatoms. The zero-order valence-electron chi connectivity index (χ0n) is 22.7. The molecular formula is C26H28CoN6O10. The smallest absolute Gasteiger partial charge is 0.400 e. The Bertz CT molecular complexity index is 1170. The van der Waals surface area contributed by atoms with Crippen molar-refractivity contribution in [2.45, 2.75) is 0 Å². The first-order valence-corrected chi connectivity index (χ1v) is 11.2. The first-order valence-electron chi connectivity index (χ1n) is 11.2. The van der Waals surface area contributed by atoms with Crippen molar-refractivity contribution in [3.63, 3.8) is 0 Å². The number of aliphatic hydroxyl groups excluding tert-OH is 2. The number of pyridine rings is 2. The van der Waals surface area contributed by atoms with Crippen LogP contribution in [0.15, 0.2) is 110 Å². The summed E-state index contributed by atoms with van der Waals surface area (Å²) in [5.74, 6) is -0.219. The molecule has 0 bridgehead atoms. The number of amides is 2. The second kappa shape index (κ2) is 28.1. The van der Waals surface area contributed by atoms with Gasteiger partial charge in [0.1, 0.15) is 0 Å². The van der Waals surface area contributed by atoms with E-state index in [0.717, 1.165) is 25.6 Å². The van der Waals surface area contributed by atoms with E-state index < -0.39 is 10.2 Å². The standard InChI is InChI=1S/2C12H10N2O.2CH4O.Co.2NO3/c2*15-12(10-4-2-1-3-5-10)14-11-6-8-13-9-7-11;2*1-2;;2*2-1(3)4/h2*1-9H,(H,13,14,15);2*2H,1H3;;;/q;;;;+2;2*-1. The van der Waals surface area contributed by atoms with Crippen molar-refractivity contribution in [1.29, 1.82) is 0 Å². The third-order valence-corrected chi connectivity index (χ3v) is 3.95. The van der Waals surface area contributed by atoms with Crippen LogP contribution in [0.25, 0.3) is 0 Å². The summed E-state index contributed by atoms with van der Waals surface area (Å²) in [6.45, 7) is 0. The van der Waals surface area contributed by atoms with Crippen molar-refractivity contribution >= 4 is 23.2 Å². The van der Waals surface area contributed by atoms with Crippen LogP contribution in [-0.4, -0.2) is 56.4 Å². The van der Waals surface area contributed by atoms with E-state index in [1.807, 2.05) is 36.4 Å². The van der Waals surface area contributed by atoms with Gasteiger partial charge in [-0.2, -0.15) is 0 Å². The van der Waals surface area contributed by atoms with Crippen LogP contribution in [0.1, 0.15) is 20.7 Å². The van der Waals surface area contributed by atoms with Crippen LogP contribution in [0, 0.1) is 30.6 Å². The zero-order chi connectivity index (χ0) is 32.2. The molecular weight excluding hydrogens is 615 g/mol. The normalized spacial score (nSPS) is 8.09. The van der Waals surface area contributed by atoms with Crippen LogP contribution in [0.3, 0.4) is 0 Å². The van der Waals surface area contributed by atoms with Gasteiger partial charge in [-0.05, 0) is 48.5 Å². The molecule has 231 valence electrons. The van der Waals surface area contributed by atoms with Crippen molar-refractivity contribution < 1.29 is 46.8 Å². The van der Waals surface area contributed by atoms with Crippen molar-refractivity contribution in [3.05, 3.63) is 151 Å². The second-order valence-electron chi connectivity index (χ2n) is 6.56. The maximum atomic E-state index is 11.7. The van der Waals surface area contributed by atoms with Crippen molar-refractivity contribution in [2.24, 2.45) is 0 Å². The Balaban J connectivity index is -0.000000538. The monoisotopic (exact) mass is 643 g/mol. The van der Waals surface area contributed by atoms with Gasteiger partial charge < -0.3 is 51.5 Å². The number of carbonyl (C=O) groups is 2. The van der Waals surface area contributed by atoms with Gasteiger partial charge in [-0.3, -0.25) is 19.6 Å². The van der Waals surface area contributed by atoms with Gasteiger partial charge in [-0.1, -0.05) is 36.4 Å². The summed E-state index contributed by atoms with van der Waals surface area (Å²) in [7, 11) is 2.00. The molecule has 2 amide bonds. The molecule has 2 aromatic heterocycles. The molecule has 2 heterocycles. The molecule has 0 aliphatic rings. The van der Waals surface area contributed by atoms with Crippen LogP contribution in [-0.2, 0) is 16.8 Å². The molecule has 1 radical (unpaired) electrons. The second-order valence-corrected chi connectivity index (χ2v) is 6.56. The van der Waals surface area contributed by atoms with E-state index >= 15 is 0 Å². The maximum Gasteiger partial charge on any atom is 2.00 e. The Morgan fingerprint density at radius 2 is 0.791 bits per heavy atom. The Kier molecular flexibility index (Phi) is 27.4. The first kappa shape index (κ1) is 42.0. The molecule has 16 nitrogen and oxygen atoms in total. The Hall–Kier alpha value is -5.49. The third-order valence-electron chi connectivity index (χ3n) is 3.95. The van der Waals surface area contributed by atoms with E-state index in [0.29, 0.717) is 11.1 Å². The maximum absolute atomic E-state index is 11.7. The number of aliphatic hydroxyl groups is 2. The number of anilines is 2. The van der Waals surface area contributed by atoms with E-state index in [1.54, 1.807) is 73.3 Å². The van der Waals surface area contributed by atoms with E-state index in [9.17, 15) is 9.59 Å². The number of nitrogens with one attached hydrogen (secondary N) is 2. The van der Waals surface area contributed by atoms with Gasteiger partial charge in [0.25, 0.3) is 11.8 Å². The van der Waals surface area contributed by atoms with Gasteiger partial charge in [0.05, 0.1) is 10.2 Å². The van der Waals surface area contributed by atoms with Crippen LogP contribution in [0.4, 0.5) is 11.4 Å². The largest absolute Gasteiger partial charge is 2.00 e. The summed E-state index contributed by atoms with van der Waals surface area (Å²) in [4.78, 5) is 47.6. The summed E-state index contributed by atoms with van der Waals surface area (Å²) < 4.78 is 0. The number of rotatable bonds is 4. The average Bonchev–Trinajstić information content (AvgIpc) is 3.01. The molecule has 2 aromatic carbocycles. The number of nitrogens with zero attached hydrogens (tertiary/aromatic N) is 4. The van der Waals surface area contributed by atoms with Crippen LogP contribution >= 0.6 is 0 Å². The van der Waals surface area contributed by atoms with E-state index in [1.165, 1.54) is 0 Å². The average molecular weight is 643 g/mol. The van der Waals surface area contributed by atoms with Crippen LogP contribution < -0.4 is 10.6 Å². The zero-order valence-corrected chi connectivity index (χ0v) is 23.7. The van der Waals surface area contributed by atoms with Crippen molar-refractivity contribution in [1.82, 2.24) is 9.97 Å². The molecule has 4 N–H and O–H groups in total. The minimum atomic E-state index is -1.75. The van der Waals surface area contributed by atoms with Gasteiger partial charge in [0.2, 0.25) is 0 Å². The Labute approximate surface area is 256 Å². The summed E-state index contributed by atoms with van der Waals surface area (Å²) >= 11 is 0. The summed E-state index contributed by atoms with van der Waals surface area (Å²) in [5, 5.41) is 49.1. The van der Waals surface area contributed by atoms with Gasteiger partial charge in [-0.15, -0.1) is 0 Å². The fourth-order valence-corrected chi connectivity index (χ4v) is 2.46. The number of hydrogen-bond donors (Lipinski definition) is 4. The molecule has 0 aliphatic heterocycles. The first-order chi connectivity index (χ1) is 20.2. The molecule has 4 aromatic rings. The minimum Gasteiger partial charge on any atom is -0.400 e. The fraction of sp³-hybridized carbons (Fsp3) is 0.0769. The van der Waals surface area contributed by atoms with Crippen LogP contribution in [0.2, 0.25) is 0 Å². The van der Waals surface area contributed by atoms with E-state index in [4.69, 9.17) is 40.9 Å². The number of carbonyl (C=O) groups excluding carboxylic acids is 2. The molecule has 0 saturated carbocycles. The molecule has 0 fully saturated rings. The molecule has 0 unspecified atom stereocenters. The number of benzene rings is 2. The Morgan fingerprint density at radius 1 is 0.558 bits per heavy atom. The molecule has 4 rings (SSSR count). The Morgan fingerprint density at radius 3 is 1.02 bits per heavy atom. The number of hydrogen-bond acceptors (Lipinski definition) is 12. The van der Waals surface area contributed by atoms with Gasteiger partial charge in [0, 0.05) is 61.5 Å². The van der Waals surface area contributed by atoms with Gasteiger partial charge >= 0.3 is 16.8 Å². The number of aromatic nitrogens is 2. The summed E-state index contributed by atoms with van der Waals surface area (Å²) in [6.07, 6.45) is 6.56. The quantitative estimate of drug-likeness (QED) is 0.184. The predicted molar refractivity (Wildman–Crippen MR) is 154 cm³/mol. The molecule has 0 aliphatic carbocycles. The van der Waals surface area contributed by atoms with E-state index in [2.05, 4.69) is 20.6 Å².